The number of nitrogens with one attached hydrogen (secondary N) is 1. The largest absolute Gasteiger partial charge is 0.444 e. The van der Waals surface area contributed by atoms with Gasteiger partial charge in [-0.2, -0.15) is 0 Å². The van der Waals surface area contributed by atoms with E-state index in [-0.39, 0.29) is 5.91 Å². The smallest absolute Gasteiger partial charge is 0.220 e. The van der Waals surface area contributed by atoms with Crippen molar-refractivity contribution in [1.82, 2.24) is 10.3 Å². The van der Waals surface area contributed by atoms with Gasteiger partial charge in [0.1, 0.15) is 5.76 Å². The molecule has 0 radical (unpaired) electrons. The molecule has 0 aliphatic carbocycles. The van der Waals surface area contributed by atoms with E-state index in [9.17, 15) is 4.79 Å². The van der Waals surface area contributed by atoms with Crippen LogP contribution < -0.4 is 5.32 Å². The first-order valence-electron chi connectivity index (χ1n) is 6.93. The molecule has 106 valence electrons. The molecule has 0 saturated heterocycles. The summed E-state index contributed by atoms with van der Waals surface area (Å²) < 4.78 is 5.30. The molecule has 1 N–H and O–H groups in total. The standard InChI is InChI=1S/C16H20N2O2/c1-3-13-4-6-14(7-5-13)8-9-15(19)17-11-16-18-10-12(2)20-16/h4-7,10H,3,8-9,11H2,1-2H3,(H,17,19). The quantitative estimate of drug-likeness (QED) is 0.879. The Labute approximate surface area is 119 Å². The molecule has 2 aromatic rings. The van der Waals surface area contributed by atoms with Crippen LogP contribution in [0.15, 0.2) is 34.9 Å². The Kier molecular flexibility index (Phi) is 4.93. The van der Waals surface area contributed by atoms with E-state index in [0.717, 1.165) is 18.6 Å². The predicted molar refractivity (Wildman–Crippen MR) is 77.2 cm³/mol. The predicted octanol–water partition coefficient (Wildman–Crippen LogP) is 2.79. The van der Waals surface area contributed by atoms with Crippen molar-refractivity contribution in [2.24, 2.45) is 0 Å². The summed E-state index contributed by atoms with van der Waals surface area (Å²) in [5.74, 6) is 1.31. The van der Waals surface area contributed by atoms with E-state index in [4.69, 9.17) is 4.42 Å². The maximum absolute atomic E-state index is 11.7. The minimum absolute atomic E-state index is 0.0143. The molecular weight excluding hydrogens is 252 g/mol. The summed E-state index contributed by atoms with van der Waals surface area (Å²) >= 11 is 0. The van der Waals surface area contributed by atoms with Crippen LogP contribution in [-0.4, -0.2) is 10.9 Å². The number of rotatable bonds is 6. The molecule has 1 aromatic heterocycles. The molecule has 1 aromatic carbocycles. The molecule has 0 unspecified atom stereocenters. The zero-order valence-electron chi connectivity index (χ0n) is 12.0. The van der Waals surface area contributed by atoms with Crippen LogP contribution in [0.2, 0.25) is 0 Å². The highest BCUT2D eigenvalue weighted by atomic mass is 16.4. The normalized spacial score (nSPS) is 10.5. The van der Waals surface area contributed by atoms with Gasteiger partial charge in [-0.15, -0.1) is 0 Å². The van der Waals surface area contributed by atoms with E-state index < -0.39 is 0 Å². The molecule has 0 atom stereocenters. The fourth-order valence-electron chi connectivity index (χ4n) is 1.95. The molecule has 0 fully saturated rings. The van der Waals surface area contributed by atoms with E-state index >= 15 is 0 Å². The molecular formula is C16H20N2O2. The second kappa shape index (κ2) is 6.89. The minimum atomic E-state index is 0.0143. The van der Waals surface area contributed by atoms with Crippen molar-refractivity contribution in [2.45, 2.75) is 39.7 Å². The van der Waals surface area contributed by atoms with Crippen LogP contribution in [0.3, 0.4) is 0 Å². The van der Waals surface area contributed by atoms with Gasteiger partial charge in [0.25, 0.3) is 0 Å². The zero-order chi connectivity index (χ0) is 14.4. The minimum Gasteiger partial charge on any atom is -0.444 e. The van der Waals surface area contributed by atoms with Crippen molar-refractivity contribution in [3.63, 3.8) is 0 Å². The lowest BCUT2D eigenvalue weighted by molar-refractivity contribution is -0.121. The van der Waals surface area contributed by atoms with Crippen LogP contribution in [0.1, 0.15) is 36.1 Å². The number of nitrogens with zero attached hydrogens (tertiary/aromatic N) is 1. The third-order valence-corrected chi connectivity index (χ3v) is 3.18. The van der Waals surface area contributed by atoms with Gasteiger partial charge < -0.3 is 9.73 Å². The van der Waals surface area contributed by atoms with Crippen LogP contribution in [-0.2, 0) is 24.2 Å². The van der Waals surface area contributed by atoms with Crippen LogP contribution >= 0.6 is 0 Å². The Balaban J connectivity index is 1.74. The summed E-state index contributed by atoms with van der Waals surface area (Å²) in [4.78, 5) is 15.8. The molecule has 0 bridgehead atoms. The maximum Gasteiger partial charge on any atom is 0.220 e. The third-order valence-electron chi connectivity index (χ3n) is 3.18. The van der Waals surface area contributed by atoms with Gasteiger partial charge in [-0.05, 0) is 30.9 Å². The first kappa shape index (κ1) is 14.3. The summed E-state index contributed by atoms with van der Waals surface area (Å²) in [5.41, 5.74) is 2.50. The van der Waals surface area contributed by atoms with Crippen molar-refractivity contribution in [1.29, 1.82) is 0 Å². The Hall–Kier alpha value is -2.10. The molecule has 20 heavy (non-hydrogen) atoms. The molecule has 4 nitrogen and oxygen atoms in total. The van der Waals surface area contributed by atoms with Crippen molar-refractivity contribution < 1.29 is 9.21 Å². The lowest BCUT2D eigenvalue weighted by atomic mass is 10.1. The zero-order valence-corrected chi connectivity index (χ0v) is 12.0. The van der Waals surface area contributed by atoms with Crippen LogP contribution in [0.25, 0.3) is 0 Å². The van der Waals surface area contributed by atoms with Gasteiger partial charge in [0.15, 0.2) is 0 Å². The highest BCUT2D eigenvalue weighted by Gasteiger charge is 2.05. The van der Waals surface area contributed by atoms with Gasteiger partial charge in [0.2, 0.25) is 11.8 Å². The van der Waals surface area contributed by atoms with Gasteiger partial charge in [0.05, 0.1) is 12.7 Å². The molecule has 0 spiro atoms. The highest BCUT2D eigenvalue weighted by molar-refractivity contribution is 5.76. The number of aromatic nitrogens is 1. The number of hydrogen-bond acceptors (Lipinski definition) is 3. The van der Waals surface area contributed by atoms with Gasteiger partial charge in [-0.25, -0.2) is 4.98 Å². The van der Waals surface area contributed by atoms with Crippen molar-refractivity contribution in [3.8, 4) is 0 Å². The summed E-state index contributed by atoms with van der Waals surface area (Å²) in [6.45, 7) is 4.31. The maximum atomic E-state index is 11.7. The summed E-state index contributed by atoms with van der Waals surface area (Å²) in [6, 6.07) is 8.40. The van der Waals surface area contributed by atoms with E-state index in [1.165, 1.54) is 11.1 Å². The van der Waals surface area contributed by atoms with Crippen LogP contribution in [0.4, 0.5) is 0 Å². The molecule has 1 heterocycles. The summed E-state index contributed by atoms with van der Waals surface area (Å²) in [7, 11) is 0. The molecule has 1 amide bonds. The Bertz CT molecular complexity index is 558. The lowest BCUT2D eigenvalue weighted by Crippen LogP contribution is -2.23. The average molecular weight is 272 g/mol. The first-order chi connectivity index (χ1) is 9.67. The van der Waals surface area contributed by atoms with Crippen molar-refractivity contribution >= 4 is 5.91 Å². The second-order valence-electron chi connectivity index (χ2n) is 4.81. The summed E-state index contributed by atoms with van der Waals surface area (Å²) in [6.07, 6.45) is 3.92. The first-order valence-corrected chi connectivity index (χ1v) is 6.93. The topological polar surface area (TPSA) is 55.1 Å². The Morgan fingerprint density at radius 2 is 1.95 bits per heavy atom. The van der Waals surface area contributed by atoms with Gasteiger partial charge in [-0.3, -0.25) is 4.79 Å². The fourth-order valence-corrected chi connectivity index (χ4v) is 1.95. The van der Waals surface area contributed by atoms with E-state index in [1.807, 2.05) is 6.92 Å². The number of aryl methyl sites for hydroxylation is 3. The number of carbonyl (C=O) groups excluding carboxylic acids is 1. The molecule has 4 heteroatoms. The number of oxazole rings is 1. The van der Waals surface area contributed by atoms with E-state index in [0.29, 0.717) is 18.9 Å². The monoisotopic (exact) mass is 272 g/mol. The SMILES string of the molecule is CCc1ccc(CCC(=O)NCc2ncc(C)o2)cc1. The lowest BCUT2D eigenvalue weighted by Gasteiger charge is -2.04. The van der Waals surface area contributed by atoms with Crippen molar-refractivity contribution in [3.05, 3.63) is 53.2 Å². The summed E-state index contributed by atoms with van der Waals surface area (Å²) in [5, 5.41) is 2.81. The second-order valence-corrected chi connectivity index (χ2v) is 4.81. The third kappa shape index (κ3) is 4.23. The van der Waals surface area contributed by atoms with Crippen LogP contribution in [0, 0.1) is 6.92 Å². The highest BCUT2D eigenvalue weighted by Crippen LogP contribution is 2.07. The molecule has 0 saturated carbocycles. The van der Waals surface area contributed by atoms with E-state index in [2.05, 4.69) is 41.5 Å². The number of hydrogen-bond donors (Lipinski definition) is 1. The van der Waals surface area contributed by atoms with Crippen LogP contribution in [0.5, 0.6) is 0 Å². The van der Waals surface area contributed by atoms with Gasteiger partial charge >= 0.3 is 0 Å². The number of carbonyl (C=O) groups is 1. The van der Waals surface area contributed by atoms with Gasteiger partial charge in [-0.1, -0.05) is 31.2 Å². The van der Waals surface area contributed by atoms with Gasteiger partial charge in [0, 0.05) is 6.42 Å². The molecule has 2 rings (SSSR count). The van der Waals surface area contributed by atoms with E-state index in [1.54, 1.807) is 6.20 Å². The van der Waals surface area contributed by atoms with Crippen molar-refractivity contribution in [2.75, 3.05) is 0 Å². The number of amides is 1. The number of benzene rings is 1. The fraction of sp³-hybridized carbons (Fsp3) is 0.375. The molecule has 0 aliphatic rings. The Morgan fingerprint density at radius 3 is 2.55 bits per heavy atom. The average Bonchev–Trinajstić information content (AvgIpc) is 2.89. The Morgan fingerprint density at radius 1 is 1.25 bits per heavy atom. The molecule has 0 aliphatic heterocycles.